The maximum atomic E-state index is 11.9. The summed E-state index contributed by atoms with van der Waals surface area (Å²) in [5, 5.41) is -0.236. The predicted octanol–water partition coefficient (Wildman–Crippen LogP) is 1.67. The van der Waals surface area contributed by atoms with E-state index in [1.807, 2.05) is 6.92 Å². The van der Waals surface area contributed by atoms with E-state index >= 15 is 0 Å². The molecule has 2 aliphatic rings. The normalized spacial score (nSPS) is 46.2. The first kappa shape index (κ1) is 12.1. The Balaban J connectivity index is 2.33. The van der Waals surface area contributed by atoms with Crippen LogP contribution in [0.3, 0.4) is 0 Å². The van der Waals surface area contributed by atoms with Gasteiger partial charge in [0.25, 0.3) is 0 Å². The number of hydrogen-bond donors (Lipinski definition) is 0. The molecule has 1 aliphatic carbocycles. The van der Waals surface area contributed by atoms with Crippen LogP contribution in [0.2, 0.25) is 0 Å². The van der Waals surface area contributed by atoms with Crippen LogP contribution >= 0.6 is 0 Å². The van der Waals surface area contributed by atoms with Crippen LogP contribution in [0.15, 0.2) is 0 Å². The molecule has 1 aliphatic heterocycles. The smallest absolute Gasteiger partial charge is 0.153 e. The fourth-order valence-electron chi connectivity index (χ4n) is 3.77. The molecule has 0 aromatic rings. The number of hydrogen-bond acceptors (Lipinski definition) is 3. The molecule has 0 spiro atoms. The van der Waals surface area contributed by atoms with Crippen molar-refractivity contribution < 1.29 is 13.2 Å². The number of carbonyl (C=O) groups is 1. The first-order valence-electron chi connectivity index (χ1n) is 6.18. The van der Waals surface area contributed by atoms with Gasteiger partial charge in [-0.1, -0.05) is 20.3 Å². The Labute approximate surface area is 97.5 Å². The molecule has 0 amide bonds. The maximum Gasteiger partial charge on any atom is 0.153 e. The molecule has 5 atom stereocenters. The summed E-state index contributed by atoms with van der Waals surface area (Å²) in [5.41, 5.74) is 0. The Morgan fingerprint density at radius 2 is 2.00 bits per heavy atom. The minimum atomic E-state index is -2.93. The van der Waals surface area contributed by atoms with Gasteiger partial charge in [-0.05, 0) is 30.6 Å². The summed E-state index contributed by atoms with van der Waals surface area (Å²) in [5.74, 6) is 0.884. The third-order valence-electron chi connectivity index (χ3n) is 4.54. The van der Waals surface area contributed by atoms with E-state index in [9.17, 15) is 13.2 Å². The van der Waals surface area contributed by atoms with Gasteiger partial charge in [-0.2, -0.15) is 0 Å². The highest BCUT2D eigenvalue weighted by Crippen LogP contribution is 2.47. The van der Waals surface area contributed by atoms with E-state index in [4.69, 9.17) is 0 Å². The number of aldehydes is 1. The lowest BCUT2D eigenvalue weighted by atomic mass is 9.67. The van der Waals surface area contributed by atoms with Gasteiger partial charge in [0.05, 0.1) is 11.0 Å². The van der Waals surface area contributed by atoms with Crippen LogP contribution in [0, 0.1) is 23.7 Å². The number of fused-ring (bicyclic) bond motifs is 1. The molecule has 1 heterocycles. The zero-order chi connectivity index (χ0) is 11.9. The van der Waals surface area contributed by atoms with Crippen molar-refractivity contribution in [2.24, 2.45) is 23.7 Å². The minimum Gasteiger partial charge on any atom is -0.303 e. The van der Waals surface area contributed by atoms with Crippen molar-refractivity contribution in [3.8, 4) is 0 Å². The second-order valence-electron chi connectivity index (χ2n) is 5.38. The third kappa shape index (κ3) is 1.71. The van der Waals surface area contributed by atoms with Gasteiger partial charge in [0, 0.05) is 5.92 Å². The van der Waals surface area contributed by atoms with Crippen molar-refractivity contribution >= 4 is 16.1 Å². The van der Waals surface area contributed by atoms with E-state index in [1.54, 1.807) is 0 Å². The average Bonchev–Trinajstić information content (AvgIpc) is 2.48. The van der Waals surface area contributed by atoms with Gasteiger partial charge in [-0.3, -0.25) is 0 Å². The Kier molecular flexibility index (Phi) is 3.12. The van der Waals surface area contributed by atoms with Gasteiger partial charge in [-0.25, -0.2) is 8.42 Å². The van der Waals surface area contributed by atoms with Crippen molar-refractivity contribution in [3.63, 3.8) is 0 Å². The van der Waals surface area contributed by atoms with E-state index in [1.165, 1.54) is 0 Å². The molecule has 0 unspecified atom stereocenters. The molecule has 0 radical (unpaired) electrons. The van der Waals surface area contributed by atoms with Crippen molar-refractivity contribution in [2.75, 3.05) is 5.75 Å². The molecule has 2 rings (SSSR count). The Morgan fingerprint density at radius 3 is 2.56 bits per heavy atom. The zero-order valence-corrected chi connectivity index (χ0v) is 10.7. The Bertz CT molecular complexity index is 374. The third-order valence-corrected chi connectivity index (χ3v) is 7.00. The van der Waals surface area contributed by atoms with Crippen LogP contribution in [0.25, 0.3) is 0 Å². The number of carbonyl (C=O) groups excluding carboxylic acids is 1. The quantitative estimate of drug-likeness (QED) is 0.694. The van der Waals surface area contributed by atoms with Crippen LogP contribution in [0.1, 0.15) is 33.1 Å². The van der Waals surface area contributed by atoms with Crippen LogP contribution in [0.4, 0.5) is 0 Å². The van der Waals surface area contributed by atoms with Gasteiger partial charge >= 0.3 is 0 Å². The Hall–Kier alpha value is -0.380. The van der Waals surface area contributed by atoms with E-state index in [2.05, 4.69) is 6.92 Å². The van der Waals surface area contributed by atoms with Crippen molar-refractivity contribution in [1.29, 1.82) is 0 Å². The fraction of sp³-hybridized carbons (Fsp3) is 0.917. The summed E-state index contributed by atoms with van der Waals surface area (Å²) in [6.07, 6.45) is 3.66. The van der Waals surface area contributed by atoms with Gasteiger partial charge < -0.3 is 4.79 Å². The lowest BCUT2D eigenvalue weighted by Gasteiger charge is -2.37. The Morgan fingerprint density at radius 1 is 1.31 bits per heavy atom. The second-order valence-corrected chi connectivity index (χ2v) is 7.65. The molecular formula is C12H20O3S. The van der Waals surface area contributed by atoms with Gasteiger partial charge in [-0.15, -0.1) is 0 Å². The predicted molar refractivity (Wildman–Crippen MR) is 62.8 cm³/mol. The monoisotopic (exact) mass is 244 g/mol. The summed E-state index contributed by atoms with van der Waals surface area (Å²) in [6, 6.07) is 0. The number of rotatable bonds is 2. The average molecular weight is 244 g/mol. The van der Waals surface area contributed by atoms with E-state index in [-0.39, 0.29) is 28.8 Å². The summed E-state index contributed by atoms with van der Waals surface area (Å²) in [4.78, 5) is 11.2. The van der Waals surface area contributed by atoms with Crippen molar-refractivity contribution in [3.05, 3.63) is 0 Å². The summed E-state index contributed by atoms with van der Waals surface area (Å²) in [6.45, 7) is 4.08. The lowest BCUT2D eigenvalue weighted by molar-refractivity contribution is -0.116. The van der Waals surface area contributed by atoms with Crippen molar-refractivity contribution in [1.82, 2.24) is 0 Å². The topological polar surface area (TPSA) is 51.2 Å². The highest BCUT2D eigenvalue weighted by molar-refractivity contribution is 7.92. The first-order chi connectivity index (χ1) is 7.51. The molecule has 0 aromatic carbocycles. The van der Waals surface area contributed by atoms with Gasteiger partial charge in [0.1, 0.15) is 6.29 Å². The SMILES string of the molecule is CC[C@@H]1CC[C@@H]2[C@H]([C@H]1C=O)[C@@H](C)CS2(=O)=O. The van der Waals surface area contributed by atoms with E-state index < -0.39 is 9.84 Å². The summed E-state index contributed by atoms with van der Waals surface area (Å²) >= 11 is 0. The molecule has 92 valence electrons. The molecule has 1 saturated heterocycles. The zero-order valence-electron chi connectivity index (χ0n) is 9.93. The first-order valence-corrected chi connectivity index (χ1v) is 7.89. The van der Waals surface area contributed by atoms with Crippen molar-refractivity contribution in [2.45, 2.75) is 38.4 Å². The molecule has 4 heteroatoms. The fourth-order valence-corrected chi connectivity index (χ4v) is 6.40. The molecule has 16 heavy (non-hydrogen) atoms. The lowest BCUT2D eigenvalue weighted by Crippen LogP contribution is -2.39. The summed E-state index contributed by atoms with van der Waals surface area (Å²) < 4.78 is 23.9. The van der Waals surface area contributed by atoms with Gasteiger partial charge in [0.15, 0.2) is 9.84 Å². The molecule has 1 saturated carbocycles. The standard InChI is InChI=1S/C12H20O3S/c1-3-9-4-5-11-12(10(9)6-13)8(2)7-16(11,14)15/h6,8-12H,3-5,7H2,1-2H3/t8-,9+,10-,11+,12-/m0/s1. The maximum absolute atomic E-state index is 11.9. The number of sulfone groups is 1. The van der Waals surface area contributed by atoms with Gasteiger partial charge in [0.2, 0.25) is 0 Å². The van der Waals surface area contributed by atoms with E-state index in [0.717, 1.165) is 25.5 Å². The molecule has 2 fully saturated rings. The molecule has 0 N–H and O–H groups in total. The van der Waals surface area contributed by atoms with Crippen LogP contribution in [-0.2, 0) is 14.6 Å². The molecule has 0 bridgehead atoms. The van der Waals surface area contributed by atoms with Crippen LogP contribution in [0.5, 0.6) is 0 Å². The minimum absolute atomic E-state index is 0.0315. The largest absolute Gasteiger partial charge is 0.303 e. The van der Waals surface area contributed by atoms with Crippen LogP contribution in [-0.4, -0.2) is 25.7 Å². The highest BCUT2D eigenvalue weighted by atomic mass is 32.2. The molecular weight excluding hydrogens is 224 g/mol. The van der Waals surface area contributed by atoms with E-state index in [0.29, 0.717) is 5.92 Å². The second kappa shape index (κ2) is 4.13. The summed E-state index contributed by atoms with van der Waals surface area (Å²) in [7, 11) is -2.93. The molecule has 0 aromatic heterocycles. The van der Waals surface area contributed by atoms with Crippen LogP contribution < -0.4 is 0 Å². The molecule has 3 nitrogen and oxygen atoms in total. The highest BCUT2D eigenvalue weighted by Gasteiger charge is 2.52.